The highest BCUT2D eigenvalue weighted by molar-refractivity contribution is 6.23. The predicted octanol–water partition coefficient (Wildman–Crippen LogP) is 3.00. The fourth-order valence-corrected chi connectivity index (χ4v) is 4.85. The highest BCUT2D eigenvalue weighted by Crippen LogP contribution is 2.29. The number of ketones is 2. The highest BCUT2D eigenvalue weighted by atomic mass is 16.6. The summed E-state index contributed by atoms with van der Waals surface area (Å²) >= 11 is 0. The summed E-state index contributed by atoms with van der Waals surface area (Å²) in [5.41, 5.74) is 7.27. The number of allylic oxidation sites excluding steroid dienone is 5. The molecule has 0 saturated carbocycles. The third-order valence-electron chi connectivity index (χ3n) is 7.24. The maximum Gasteiger partial charge on any atom is 0.405 e. The molecule has 0 aromatic heterocycles. The summed E-state index contributed by atoms with van der Waals surface area (Å²) in [7, 11) is 3.13. The number of nitrogens with two attached hydrogens (primary N) is 1. The lowest BCUT2D eigenvalue weighted by atomic mass is 9.90. The van der Waals surface area contributed by atoms with Gasteiger partial charge in [0.1, 0.15) is 6.10 Å². The third-order valence-corrected chi connectivity index (χ3v) is 7.24. The van der Waals surface area contributed by atoms with Crippen molar-refractivity contribution >= 4 is 23.6 Å². The van der Waals surface area contributed by atoms with Crippen LogP contribution < -0.4 is 11.1 Å². The summed E-state index contributed by atoms with van der Waals surface area (Å²) in [5, 5.41) is 2.62. The molecule has 1 fully saturated rings. The van der Waals surface area contributed by atoms with Gasteiger partial charge in [-0.15, -0.1) is 0 Å². The second-order valence-corrected chi connectivity index (χ2v) is 9.94. The molecule has 212 valence electrons. The van der Waals surface area contributed by atoms with Crippen LogP contribution in [0.1, 0.15) is 52.4 Å². The molecule has 3 unspecified atom stereocenters. The number of Topliss-reactive ketones (excluding diaryl/α,β-unsaturated/α-hetero) is 1. The zero-order chi connectivity index (χ0) is 28.5. The molecule has 3 atom stereocenters. The number of nitrogens with zero attached hydrogens (tertiary/aromatic N) is 1. The summed E-state index contributed by atoms with van der Waals surface area (Å²) in [6.07, 6.45) is 9.65. The van der Waals surface area contributed by atoms with Crippen molar-refractivity contribution in [2.75, 3.05) is 27.3 Å². The van der Waals surface area contributed by atoms with Gasteiger partial charge in [-0.25, -0.2) is 4.79 Å². The number of likely N-dealkylation sites (tertiary alicyclic amines) is 1. The Bertz CT molecular complexity index is 1130. The van der Waals surface area contributed by atoms with Crippen LogP contribution in [0.5, 0.6) is 0 Å². The van der Waals surface area contributed by atoms with Crippen molar-refractivity contribution in [1.29, 1.82) is 0 Å². The molecular weight excluding hydrogens is 502 g/mol. The van der Waals surface area contributed by atoms with Crippen LogP contribution in [0, 0.1) is 0 Å². The maximum absolute atomic E-state index is 13.5. The predicted molar refractivity (Wildman–Crippen MR) is 145 cm³/mol. The normalized spacial score (nSPS) is 29.3. The molecule has 0 aromatic carbocycles. The summed E-state index contributed by atoms with van der Waals surface area (Å²) in [6, 6.07) is 0. The number of hydrogen-bond acceptors (Lipinski definition) is 8. The topological polar surface area (TPSA) is 137 Å². The number of nitrogens with one attached hydrogen (secondary N) is 1. The molecule has 2 bridgehead atoms. The number of rotatable bonds is 4. The molecule has 0 spiro atoms. The number of methoxy groups -OCH3 is 2. The summed E-state index contributed by atoms with van der Waals surface area (Å²) in [5.74, 6) is -1.10. The zero-order valence-electron chi connectivity index (χ0n) is 23.2. The minimum absolute atomic E-state index is 0.0215. The lowest BCUT2D eigenvalue weighted by Gasteiger charge is -2.37. The van der Waals surface area contributed by atoms with Gasteiger partial charge in [0.05, 0.1) is 17.5 Å². The van der Waals surface area contributed by atoms with E-state index in [1.165, 1.54) is 13.2 Å². The number of ether oxygens (including phenoxy) is 3. The molecule has 39 heavy (non-hydrogen) atoms. The van der Waals surface area contributed by atoms with Crippen LogP contribution in [0.3, 0.4) is 0 Å². The number of carbonyl (C=O) groups is 4. The first-order valence-electron chi connectivity index (χ1n) is 13.3. The lowest BCUT2D eigenvalue weighted by Crippen LogP contribution is -2.43. The summed E-state index contributed by atoms with van der Waals surface area (Å²) < 4.78 is 16.6. The van der Waals surface area contributed by atoms with Crippen molar-refractivity contribution in [2.24, 2.45) is 5.73 Å². The Morgan fingerprint density at radius 3 is 2.44 bits per heavy atom. The fourth-order valence-electron chi connectivity index (χ4n) is 4.85. The van der Waals surface area contributed by atoms with Crippen molar-refractivity contribution in [3.05, 3.63) is 58.5 Å². The molecular formula is C29H39N3O7. The van der Waals surface area contributed by atoms with Gasteiger partial charge in [0.25, 0.3) is 5.91 Å². The van der Waals surface area contributed by atoms with Crippen molar-refractivity contribution in [2.45, 2.75) is 70.7 Å². The van der Waals surface area contributed by atoms with Gasteiger partial charge < -0.3 is 30.2 Å². The number of fused-ring (bicyclic) bond motifs is 2. The molecule has 3 aliphatic rings. The Kier molecular flexibility index (Phi) is 10.8. The molecule has 2 heterocycles. The van der Waals surface area contributed by atoms with Gasteiger partial charge >= 0.3 is 6.09 Å². The van der Waals surface area contributed by atoms with Gasteiger partial charge in [-0.05, 0) is 57.9 Å². The van der Waals surface area contributed by atoms with E-state index in [1.54, 1.807) is 32.3 Å². The monoisotopic (exact) mass is 541 g/mol. The summed E-state index contributed by atoms with van der Waals surface area (Å²) in [6.45, 7) is 4.90. The van der Waals surface area contributed by atoms with Gasteiger partial charge in [0, 0.05) is 44.5 Å². The van der Waals surface area contributed by atoms with Crippen LogP contribution in [-0.2, 0) is 28.6 Å². The van der Waals surface area contributed by atoms with Crippen LogP contribution in [0.15, 0.2) is 58.5 Å². The van der Waals surface area contributed by atoms with Crippen LogP contribution in [0.4, 0.5) is 4.79 Å². The Morgan fingerprint density at radius 2 is 1.82 bits per heavy atom. The minimum atomic E-state index is -0.923. The van der Waals surface area contributed by atoms with E-state index in [9.17, 15) is 19.2 Å². The Morgan fingerprint density at radius 1 is 1.08 bits per heavy atom. The number of hydrogen-bond donors (Lipinski definition) is 2. The van der Waals surface area contributed by atoms with Gasteiger partial charge in [-0.3, -0.25) is 14.4 Å². The lowest BCUT2D eigenvalue weighted by molar-refractivity contribution is -0.120. The van der Waals surface area contributed by atoms with Crippen molar-refractivity contribution < 1.29 is 33.4 Å². The van der Waals surface area contributed by atoms with E-state index in [2.05, 4.69) is 5.32 Å². The Balaban J connectivity index is 1.95. The van der Waals surface area contributed by atoms with Crippen molar-refractivity contribution in [3.63, 3.8) is 0 Å². The van der Waals surface area contributed by atoms with Crippen LogP contribution >= 0.6 is 0 Å². The first kappa shape index (κ1) is 30.0. The van der Waals surface area contributed by atoms with E-state index in [0.717, 1.165) is 25.1 Å². The maximum atomic E-state index is 13.5. The van der Waals surface area contributed by atoms with Crippen LogP contribution in [-0.4, -0.2) is 74.1 Å². The standard InChI is InChI=1S/C29H39N3O7/c1-18-9-5-11-20(37-3)12-7-13-21-25(32-15-8-16-32)23(33)17-22(26(21)34)31-28(35)19(2)10-6-14-24(38-4)27(18)39-29(30)36/h6,9-10,14,17,20,24,27H,5,7-8,11-13,15-16H2,1-4H3,(H2,30,36)(H,31,35)/b14-6-,18-9+,19-10+. The molecule has 10 heteroatoms. The molecule has 1 saturated heterocycles. The second-order valence-electron chi connectivity index (χ2n) is 9.94. The van der Waals surface area contributed by atoms with Gasteiger partial charge in [-0.1, -0.05) is 24.3 Å². The smallest absolute Gasteiger partial charge is 0.405 e. The van der Waals surface area contributed by atoms with Gasteiger partial charge in [0.2, 0.25) is 11.6 Å². The largest absolute Gasteiger partial charge is 0.439 e. The van der Waals surface area contributed by atoms with E-state index >= 15 is 0 Å². The highest BCUT2D eigenvalue weighted by Gasteiger charge is 2.34. The van der Waals surface area contributed by atoms with Gasteiger partial charge in [-0.2, -0.15) is 0 Å². The molecule has 0 radical (unpaired) electrons. The van der Waals surface area contributed by atoms with E-state index < -0.39 is 24.2 Å². The molecule has 2 amide bonds. The molecule has 3 rings (SSSR count). The van der Waals surface area contributed by atoms with E-state index in [1.807, 2.05) is 17.9 Å². The number of amides is 2. The van der Waals surface area contributed by atoms with E-state index in [-0.39, 0.29) is 23.4 Å². The zero-order valence-corrected chi connectivity index (χ0v) is 23.2. The second kappa shape index (κ2) is 14.0. The number of carbonyl (C=O) groups excluding carboxylic acids is 4. The van der Waals surface area contributed by atoms with E-state index in [4.69, 9.17) is 19.9 Å². The van der Waals surface area contributed by atoms with Gasteiger partial charge in [0.15, 0.2) is 6.10 Å². The molecule has 0 aromatic rings. The SMILES string of the molecule is COC1CC/C=C(\C)C(OC(N)=O)C(OC)/C=C\C=C(/C)C(=O)NC2=CC(=O)C(N3CCC3)=C(CCC1)C2=O. The fraction of sp³-hybridized carbons (Fsp3) is 0.517. The van der Waals surface area contributed by atoms with Crippen molar-refractivity contribution in [1.82, 2.24) is 10.2 Å². The molecule has 1 aliphatic carbocycles. The quantitative estimate of drug-likeness (QED) is 0.409. The minimum Gasteiger partial charge on any atom is -0.439 e. The van der Waals surface area contributed by atoms with Crippen molar-refractivity contribution in [3.8, 4) is 0 Å². The Hall–Kier alpha value is -3.50. The van der Waals surface area contributed by atoms with E-state index in [0.29, 0.717) is 48.9 Å². The molecule has 10 nitrogen and oxygen atoms in total. The Labute approximate surface area is 229 Å². The molecule has 3 N–H and O–H groups in total. The first-order valence-corrected chi connectivity index (χ1v) is 13.3. The first-order chi connectivity index (χ1) is 18.7. The van der Waals surface area contributed by atoms with Crippen LogP contribution in [0.2, 0.25) is 0 Å². The van der Waals surface area contributed by atoms with Crippen LogP contribution in [0.25, 0.3) is 0 Å². The average Bonchev–Trinajstić information content (AvgIpc) is 2.86. The average molecular weight is 542 g/mol. The molecule has 2 aliphatic heterocycles. The summed E-state index contributed by atoms with van der Waals surface area (Å²) in [4.78, 5) is 53.0. The number of primary amides is 1. The third kappa shape index (κ3) is 7.77.